The van der Waals surface area contributed by atoms with E-state index in [0.29, 0.717) is 25.3 Å². The molecule has 0 bridgehead atoms. The van der Waals surface area contributed by atoms with Crippen molar-refractivity contribution >= 4 is 11.9 Å². The molecule has 1 aliphatic heterocycles. The molecule has 3 heterocycles. The second-order valence-electron chi connectivity index (χ2n) is 5.88. The van der Waals surface area contributed by atoms with E-state index < -0.39 is 11.9 Å². The van der Waals surface area contributed by atoms with Crippen molar-refractivity contribution in [2.75, 3.05) is 6.54 Å². The highest BCUT2D eigenvalue weighted by atomic mass is 16.4. The Morgan fingerprint density at radius 1 is 1.25 bits per heavy atom. The summed E-state index contributed by atoms with van der Waals surface area (Å²) in [5.74, 6) is -1.34. The molecule has 0 saturated carbocycles. The molecule has 0 aliphatic carbocycles. The number of furan rings is 1. The average molecular weight is 333 g/mol. The summed E-state index contributed by atoms with van der Waals surface area (Å²) in [6, 6.07) is 5.10. The zero-order valence-corrected chi connectivity index (χ0v) is 13.1. The summed E-state index contributed by atoms with van der Waals surface area (Å²) in [6.07, 6.45) is 1.42. The summed E-state index contributed by atoms with van der Waals surface area (Å²) < 4.78 is 7.25. The highest BCUT2D eigenvalue weighted by Gasteiger charge is 2.19. The SMILES string of the molecule is O=C(O)CCc1cc2n(n1)CCCN(Cc1ccc(C(=O)O)o1)C2. The standard InChI is InChI=1S/C16H19N3O5/c20-15(21)5-2-11-8-12-9-18(6-1-7-19(12)17-11)10-13-3-4-14(24-13)16(22)23/h3-4,8H,1-2,5-7,9-10H2,(H,20,21)(H,22,23). The van der Waals surface area contributed by atoms with Gasteiger partial charge in [-0.05, 0) is 24.6 Å². The molecule has 24 heavy (non-hydrogen) atoms. The number of carboxylic acids is 2. The van der Waals surface area contributed by atoms with Gasteiger partial charge in [-0.15, -0.1) is 0 Å². The summed E-state index contributed by atoms with van der Waals surface area (Å²) in [5, 5.41) is 22.2. The van der Waals surface area contributed by atoms with Gasteiger partial charge in [-0.25, -0.2) is 4.79 Å². The first-order valence-corrected chi connectivity index (χ1v) is 7.83. The number of carbonyl (C=O) groups is 2. The fraction of sp³-hybridized carbons (Fsp3) is 0.438. The van der Waals surface area contributed by atoms with Gasteiger partial charge < -0.3 is 14.6 Å². The lowest BCUT2D eigenvalue weighted by Gasteiger charge is -2.17. The maximum absolute atomic E-state index is 10.9. The average Bonchev–Trinajstić information content (AvgIpc) is 3.09. The Morgan fingerprint density at radius 2 is 2.08 bits per heavy atom. The molecule has 2 N–H and O–H groups in total. The molecule has 0 unspecified atom stereocenters. The predicted octanol–water partition coefficient (Wildman–Crippen LogP) is 1.60. The van der Waals surface area contributed by atoms with Crippen molar-refractivity contribution in [3.05, 3.63) is 41.1 Å². The number of hydrogen-bond acceptors (Lipinski definition) is 5. The molecule has 1 aliphatic rings. The van der Waals surface area contributed by atoms with Gasteiger partial charge in [0.15, 0.2) is 0 Å². The largest absolute Gasteiger partial charge is 0.481 e. The van der Waals surface area contributed by atoms with Crippen LogP contribution < -0.4 is 0 Å². The number of hydrogen-bond donors (Lipinski definition) is 2. The van der Waals surface area contributed by atoms with Crippen molar-refractivity contribution in [2.24, 2.45) is 0 Å². The van der Waals surface area contributed by atoms with E-state index in [2.05, 4.69) is 10.00 Å². The van der Waals surface area contributed by atoms with E-state index in [1.54, 1.807) is 6.07 Å². The molecule has 0 fully saturated rings. The van der Waals surface area contributed by atoms with Gasteiger partial charge in [0, 0.05) is 26.1 Å². The first-order valence-electron chi connectivity index (χ1n) is 7.83. The minimum atomic E-state index is -1.07. The normalized spacial score (nSPS) is 15.0. The highest BCUT2D eigenvalue weighted by molar-refractivity contribution is 5.84. The summed E-state index contributed by atoms with van der Waals surface area (Å²) in [7, 11) is 0. The fourth-order valence-electron chi connectivity index (χ4n) is 2.88. The summed E-state index contributed by atoms with van der Waals surface area (Å²) in [4.78, 5) is 23.7. The first-order chi connectivity index (χ1) is 11.5. The molecular formula is C16H19N3O5. The van der Waals surface area contributed by atoms with Crippen molar-refractivity contribution in [3.63, 3.8) is 0 Å². The smallest absolute Gasteiger partial charge is 0.371 e. The topological polar surface area (TPSA) is 109 Å². The second kappa shape index (κ2) is 6.88. The van der Waals surface area contributed by atoms with Crippen LogP contribution in [0.15, 0.2) is 22.6 Å². The number of carboxylic acid groups (broad SMARTS) is 2. The van der Waals surface area contributed by atoms with Gasteiger partial charge in [0.2, 0.25) is 5.76 Å². The molecule has 2 aromatic rings. The monoisotopic (exact) mass is 333 g/mol. The van der Waals surface area contributed by atoms with Crippen LogP contribution in [0.25, 0.3) is 0 Å². The zero-order chi connectivity index (χ0) is 17.1. The fourth-order valence-corrected chi connectivity index (χ4v) is 2.88. The Kier molecular flexibility index (Phi) is 4.66. The lowest BCUT2D eigenvalue weighted by Crippen LogP contribution is -2.22. The molecule has 0 saturated heterocycles. The van der Waals surface area contributed by atoms with Crippen molar-refractivity contribution < 1.29 is 24.2 Å². The van der Waals surface area contributed by atoms with Gasteiger partial charge in [-0.1, -0.05) is 0 Å². The third-order valence-electron chi connectivity index (χ3n) is 3.99. The molecule has 0 spiro atoms. The van der Waals surface area contributed by atoms with E-state index >= 15 is 0 Å². The second-order valence-corrected chi connectivity index (χ2v) is 5.88. The maximum atomic E-state index is 10.9. The Hall–Kier alpha value is -2.61. The molecule has 2 aromatic heterocycles. The lowest BCUT2D eigenvalue weighted by molar-refractivity contribution is -0.136. The van der Waals surface area contributed by atoms with E-state index in [4.69, 9.17) is 14.6 Å². The molecule has 128 valence electrons. The molecule has 3 rings (SSSR count). The number of aryl methyl sites for hydroxylation is 2. The molecular weight excluding hydrogens is 314 g/mol. The highest BCUT2D eigenvalue weighted by Crippen LogP contribution is 2.18. The van der Waals surface area contributed by atoms with Gasteiger partial charge in [-0.3, -0.25) is 14.4 Å². The maximum Gasteiger partial charge on any atom is 0.371 e. The molecule has 0 aromatic carbocycles. The molecule has 0 atom stereocenters. The Morgan fingerprint density at radius 3 is 2.79 bits per heavy atom. The minimum Gasteiger partial charge on any atom is -0.481 e. The van der Waals surface area contributed by atoms with Crippen LogP contribution in [0.5, 0.6) is 0 Å². The number of aromatic carboxylic acids is 1. The Bertz CT molecular complexity index is 749. The lowest BCUT2D eigenvalue weighted by atomic mass is 10.2. The van der Waals surface area contributed by atoms with Crippen LogP contribution >= 0.6 is 0 Å². The van der Waals surface area contributed by atoms with Crippen LogP contribution in [0.2, 0.25) is 0 Å². The number of rotatable bonds is 6. The molecule has 0 amide bonds. The third-order valence-corrected chi connectivity index (χ3v) is 3.99. The number of fused-ring (bicyclic) bond motifs is 1. The van der Waals surface area contributed by atoms with E-state index in [9.17, 15) is 9.59 Å². The predicted molar refractivity (Wildman–Crippen MR) is 82.6 cm³/mol. The Balaban J connectivity index is 1.67. The first kappa shape index (κ1) is 16.3. The van der Waals surface area contributed by atoms with Crippen molar-refractivity contribution in [2.45, 2.75) is 38.9 Å². The van der Waals surface area contributed by atoms with Crippen molar-refractivity contribution in [1.82, 2.24) is 14.7 Å². The van der Waals surface area contributed by atoms with Crippen molar-refractivity contribution in [3.8, 4) is 0 Å². The van der Waals surface area contributed by atoms with E-state index in [-0.39, 0.29) is 12.2 Å². The molecule has 0 radical (unpaired) electrons. The van der Waals surface area contributed by atoms with Gasteiger partial charge >= 0.3 is 11.9 Å². The van der Waals surface area contributed by atoms with Gasteiger partial charge in [-0.2, -0.15) is 5.10 Å². The van der Waals surface area contributed by atoms with Crippen LogP contribution in [0, 0.1) is 0 Å². The van der Waals surface area contributed by atoms with Crippen LogP contribution in [-0.4, -0.2) is 43.4 Å². The van der Waals surface area contributed by atoms with Gasteiger partial charge in [0.05, 0.1) is 24.4 Å². The summed E-state index contributed by atoms with van der Waals surface area (Å²) >= 11 is 0. The number of nitrogens with zero attached hydrogens (tertiary/aromatic N) is 3. The van der Waals surface area contributed by atoms with Gasteiger partial charge in [0.25, 0.3) is 0 Å². The van der Waals surface area contributed by atoms with E-state index in [1.165, 1.54) is 6.07 Å². The van der Waals surface area contributed by atoms with Crippen molar-refractivity contribution in [1.29, 1.82) is 0 Å². The third kappa shape index (κ3) is 3.83. The quantitative estimate of drug-likeness (QED) is 0.826. The summed E-state index contributed by atoms with van der Waals surface area (Å²) in [5.41, 5.74) is 1.83. The minimum absolute atomic E-state index is 0.0548. The zero-order valence-electron chi connectivity index (χ0n) is 13.1. The van der Waals surface area contributed by atoms with Crippen LogP contribution in [0.4, 0.5) is 0 Å². The number of aliphatic carboxylic acids is 1. The molecule has 8 heteroatoms. The van der Waals surface area contributed by atoms with Crippen LogP contribution in [-0.2, 0) is 30.8 Å². The van der Waals surface area contributed by atoms with E-state index in [1.807, 2.05) is 10.7 Å². The van der Waals surface area contributed by atoms with Gasteiger partial charge in [0.1, 0.15) is 5.76 Å². The van der Waals surface area contributed by atoms with E-state index in [0.717, 1.165) is 30.9 Å². The van der Waals surface area contributed by atoms with Crippen LogP contribution in [0.1, 0.15) is 40.5 Å². The molecule has 8 nitrogen and oxygen atoms in total. The number of aromatic nitrogens is 2. The summed E-state index contributed by atoms with van der Waals surface area (Å²) in [6.45, 7) is 2.85. The Labute approximate surface area is 138 Å². The van der Waals surface area contributed by atoms with Crippen LogP contribution in [0.3, 0.4) is 0 Å².